The monoisotopic (exact) mass is 350 g/mol. The van der Waals surface area contributed by atoms with Gasteiger partial charge in [-0.05, 0) is 17.7 Å². The van der Waals surface area contributed by atoms with Gasteiger partial charge in [-0.1, -0.05) is 49.0 Å². The molecule has 1 aliphatic rings. The largest absolute Gasteiger partial charge is 0.397 e. The molecule has 4 N–H and O–H groups in total. The maximum absolute atomic E-state index is 12.8. The summed E-state index contributed by atoms with van der Waals surface area (Å²) >= 11 is 0. The smallest absolute Gasteiger partial charge is 0.331 e. The van der Waals surface area contributed by atoms with E-state index in [-0.39, 0.29) is 12.2 Å². The molecule has 0 unspecified atom stereocenters. The van der Waals surface area contributed by atoms with Gasteiger partial charge in [-0.25, -0.2) is 4.79 Å². The van der Waals surface area contributed by atoms with Gasteiger partial charge < -0.3 is 11.1 Å². The molecule has 1 fully saturated rings. The molecule has 0 aromatic heterocycles. The first-order valence-corrected chi connectivity index (χ1v) is 7.98. The van der Waals surface area contributed by atoms with Crippen molar-refractivity contribution in [2.24, 2.45) is 5.92 Å². The summed E-state index contributed by atoms with van der Waals surface area (Å²) in [4.78, 5) is 38.1. The van der Waals surface area contributed by atoms with Crippen LogP contribution in [0.3, 0.4) is 0 Å². The lowest BCUT2D eigenvalue weighted by molar-refractivity contribution is -0.141. The van der Waals surface area contributed by atoms with Crippen LogP contribution in [-0.4, -0.2) is 22.7 Å². The van der Waals surface area contributed by atoms with Crippen LogP contribution in [-0.2, 0) is 16.1 Å². The molecule has 1 aliphatic heterocycles. The lowest BCUT2D eigenvalue weighted by Gasteiger charge is -2.31. The molecule has 2 aromatic rings. The van der Waals surface area contributed by atoms with Crippen LogP contribution in [0.25, 0.3) is 0 Å². The molecule has 2 aromatic carbocycles. The number of hydrogen-bond donors (Lipinski definition) is 3. The summed E-state index contributed by atoms with van der Waals surface area (Å²) < 4.78 is 0. The average molecular weight is 350 g/mol. The van der Waals surface area contributed by atoms with Crippen LogP contribution >= 0.6 is 0 Å². The second-order valence-electron chi connectivity index (χ2n) is 5.87. The number of nitrogen functional groups attached to an aromatic ring is 1. The predicted molar refractivity (Wildman–Crippen MR) is 97.6 cm³/mol. The van der Waals surface area contributed by atoms with Crippen molar-refractivity contribution in [2.75, 3.05) is 11.1 Å². The van der Waals surface area contributed by atoms with Crippen molar-refractivity contribution < 1.29 is 14.4 Å². The fourth-order valence-corrected chi connectivity index (χ4v) is 2.69. The molecule has 0 spiro atoms. The number of barbiturate groups is 1. The van der Waals surface area contributed by atoms with Gasteiger partial charge in [0.05, 0.1) is 17.9 Å². The number of amides is 4. The van der Waals surface area contributed by atoms with E-state index >= 15 is 0 Å². The van der Waals surface area contributed by atoms with Crippen LogP contribution in [0.5, 0.6) is 0 Å². The number of nitrogens with zero attached hydrogens (tertiary/aromatic N) is 1. The van der Waals surface area contributed by atoms with Crippen LogP contribution in [0.4, 0.5) is 16.2 Å². The van der Waals surface area contributed by atoms with E-state index in [9.17, 15) is 14.4 Å². The maximum Gasteiger partial charge on any atom is 0.331 e. The fourth-order valence-electron chi connectivity index (χ4n) is 2.69. The number of nitrogens with two attached hydrogens (primary N) is 1. The first-order valence-electron chi connectivity index (χ1n) is 7.98. The summed E-state index contributed by atoms with van der Waals surface area (Å²) in [5.41, 5.74) is 7.77. The highest BCUT2D eigenvalue weighted by atomic mass is 16.2. The normalized spacial score (nSPS) is 17.0. The van der Waals surface area contributed by atoms with Crippen molar-refractivity contribution in [2.45, 2.75) is 6.54 Å². The molecule has 0 bridgehead atoms. The van der Waals surface area contributed by atoms with Crippen molar-refractivity contribution in [3.63, 3.8) is 0 Å². The highest BCUT2D eigenvalue weighted by Gasteiger charge is 2.42. The molecule has 4 amide bonds. The molecule has 1 saturated heterocycles. The van der Waals surface area contributed by atoms with E-state index in [2.05, 4.69) is 17.2 Å². The molecular formula is C19H18N4O3. The Hall–Kier alpha value is -3.61. The first kappa shape index (κ1) is 17.2. The van der Waals surface area contributed by atoms with E-state index in [0.717, 1.165) is 10.5 Å². The van der Waals surface area contributed by atoms with Gasteiger partial charge in [0.25, 0.3) is 0 Å². The number of anilines is 2. The topological polar surface area (TPSA) is 105 Å². The molecular weight excluding hydrogens is 332 g/mol. The summed E-state index contributed by atoms with van der Waals surface area (Å²) in [7, 11) is 0. The van der Waals surface area contributed by atoms with Crippen molar-refractivity contribution in [3.8, 4) is 0 Å². The molecule has 26 heavy (non-hydrogen) atoms. The lowest BCUT2D eigenvalue weighted by Crippen LogP contribution is -2.58. The summed E-state index contributed by atoms with van der Waals surface area (Å²) in [6.45, 7) is 3.86. The highest BCUT2D eigenvalue weighted by molar-refractivity contribution is 6.17. The Labute approximate surface area is 150 Å². The summed E-state index contributed by atoms with van der Waals surface area (Å²) in [6.07, 6.45) is 0. The van der Waals surface area contributed by atoms with Crippen LogP contribution in [0.15, 0.2) is 66.9 Å². The molecule has 0 radical (unpaired) electrons. The van der Waals surface area contributed by atoms with Gasteiger partial charge in [0.1, 0.15) is 0 Å². The van der Waals surface area contributed by atoms with Crippen LogP contribution in [0.2, 0.25) is 0 Å². The van der Waals surface area contributed by atoms with Crippen molar-refractivity contribution in [1.29, 1.82) is 0 Å². The number of carbonyl (C=O) groups is 3. The van der Waals surface area contributed by atoms with Crippen molar-refractivity contribution in [1.82, 2.24) is 10.2 Å². The molecule has 7 heteroatoms. The molecule has 1 heterocycles. The van der Waals surface area contributed by atoms with Gasteiger partial charge >= 0.3 is 6.03 Å². The van der Waals surface area contributed by atoms with Crippen LogP contribution in [0, 0.1) is 5.92 Å². The number of benzene rings is 2. The third-order valence-electron chi connectivity index (χ3n) is 4.04. The van der Waals surface area contributed by atoms with Gasteiger partial charge in [-0.3, -0.25) is 19.8 Å². The maximum atomic E-state index is 12.8. The van der Waals surface area contributed by atoms with Crippen molar-refractivity contribution in [3.05, 3.63) is 72.4 Å². The molecule has 3 rings (SSSR count). The van der Waals surface area contributed by atoms with Crippen LogP contribution < -0.4 is 16.4 Å². The van der Waals surface area contributed by atoms with E-state index in [0.29, 0.717) is 11.4 Å². The number of imide groups is 2. The van der Waals surface area contributed by atoms with Crippen LogP contribution in [0.1, 0.15) is 5.56 Å². The third-order valence-corrected chi connectivity index (χ3v) is 4.04. The van der Waals surface area contributed by atoms with E-state index in [1.165, 1.54) is 0 Å². The zero-order valence-electron chi connectivity index (χ0n) is 13.9. The predicted octanol–water partition coefficient (Wildman–Crippen LogP) is 2.09. The van der Waals surface area contributed by atoms with Gasteiger partial charge in [0.15, 0.2) is 5.92 Å². The quantitative estimate of drug-likeness (QED) is 0.566. The van der Waals surface area contributed by atoms with Gasteiger partial charge in [0.2, 0.25) is 11.8 Å². The number of para-hydroxylation sites is 2. The van der Waals surface area contributed by atoms with Gasteiger partial charge in [0, 0.05) is 5.70 Å². The number of carbonyl (C=O) groups excluding carboxylic acids is 3. The Morgan fingerprint density at radius 1 is 1.08 bits per heavy atom. The Kier molecular flexibility index (Phi) is 4.70. The molecule has 0 aliphatic carbocycles. The first-order chi connectivity index (χ1) is 12.5. The number of urea groups is 1. The fraction of sp³-hybridized carbons (Fsp3) is 0.105. The zero-order chi connectivity index (χ0) is 18.7. The van der Waals surface area contributed by atoms with Gasteiger partial charge in [-0.2, -0.15) is 0 Å². The molecule has 7 nitrogen and oxygen atoms in total. The van der Waals surface area contributed by atoms with E-state index < -0.39 is 23.8 Å². The summed E-state index contributed by atoms with van der Waals surface area (Å²) in [6, 6.07) is 15.2. The third kappa shape index (κ3) is 3.41. The minimum absolute atomic E-state index is 0.0655. The molecule has 1 atom stereocenters. The minimum Gasteiger partial charge on any atom is -0.397 e. The van der Waals surface area contributed by atoms with Crippen molar-refractivity contribution >= 4 is 29.2 Å². The Morgan fingerprint density at radius 3 is 2.42 bits per heavy atom. The standard InChI is InChI=1S/C19H18N4O3/c1-12(21-15-10-6-5-9-14(15)20)16-17(24)22-19(26)23(18(16)25)11-13-7-3-2-4-8-13/h2-10,16,21H,1,11,20H2,(H,22,24,26)/t16-/m1/s1. The number of rotatable bonds is 5. The number of nitrogens with one attached hydrogen (secondary N) is 2. The second kappa shape index (κ2) is 7.10. The van der Waals surface area contributed by atoms with E-state index in [1.54, 1.807) is 36.4 Å². The summed E-state index contributed by atoms with van der Waals surface area (Å²) in [5.74, 6) is -2.57. The minimum atomic E-state index is -1.23. The SMILES string of the molecule is C=C(Nc1ccccc1N)[C@@H]1C(=O)NC(=O)N(Cc2ccccc2)C1=O. The Morgan fingerprint density at radius 2 is 1.73 bits per heavy atom. The molecule has 0 saturated carbocycles. The zero-order valence-corrected chi connectivity index (χ0v) is 13.9. The lowest BCUT2D eigenvalue weighted by atomic mass is 10.0. The second-order valence-corrected chi connectivity index (χ2v) is 5.87. The van der Waals surface area contributed by atoms with E-state index in [4.69, 9.17) is 5.73 Å². The highest BCUT2D eigenvalue weighted by Crippen LogP contribution is 2.24. The van der Waals surface area contributed by atoms with E-state index in [1.807, 2.05) is 18.2 Å². The Balaban J connectivity index is 1.81. The Bertz CT molecular complexity index is 879. The van der Waals surface area contributed by atoms with Gasteiger partial charge in [-0.15, -0.1) is 0 Å². The average Bonchev–Trinajstić information content (AvgIpc) is 2.61. The summed E-state index contributed by atoms with van der Waals surface area (Å²) in [5, 5.41) is 5.11. The number of hydrogen-bond acceptors (Lipinski definition) is 5. The molecule has 132 valence electrons.